The fourth-order valence-corrected chi connectivity index (χ4v) is 25.0. The Hall–Kier alpha value is -1.99. The van der Waals surface area contributed by atoms with E-state index in [4.69, 9.17) is 4.98 Å². The summed E-state index contributed by atoms with van der Waals surface area (Å²) in [6.45, 7) is 6.95. The molecule has 0 N–H and O–H groups in total. The van der Waals surface area contributed by atoms with Crippen molar-refractivity contribution in [3.63, 3.8) is 0 Å². The average molecular weight is 594 g/mol. The summed E-state index contributed by atoms with van der Waals surface area (Å²) in [5, 5.41) is 0. The molecule has 0 saturated heterocycles. The van der Waals surface area contributed by atoms with Gasteiger partial charge >= 0.3 is 219 Å². The van der Waals surface area contributed by atoms with Gasteiger partial charge in [0.1, 0.15) is 0 Å². The third-order valence-corrected chi connectivity index (χ3v) is 26.3. The molecule has 0 fully saturated rings. The summed E-state index contributed by atoms with van der Waals surface area (Å²) in [4.78, 5) is 23.7. The van der Waals surface area contributed by atoms with Crippen molar-refractivity contribution in [3.8, 4) is 11.4 Å². The number of pyridine rings is 1. The molecule has 3 heterocycles. The van der Waals surface area contributed by atoms with Crippen LogP contribution in [0.25, 0.3) is 16.2 Å². The molecule has 3 aromatic heterocycles. The molecule has 4 aromatic rings. The van der Waals surface area contributed by atoms with Gasteiger partial charge in [-0.3, -0.25) is 0 Å². The number of fused-ring (bicyclic) bond motifs is 1. The van der Waals surface area contributed by atoms with Crippen LogP contribution in [0.15, 0.2) is 61.1 Å². The van der Waals surface area contributed by atoms with Crippen LogP contribution in [0.5, 0.6) is 0 Å². The Kier molecular flexibility index (Phi) is 9.17. The Morgan fingerprint density at radius 1 is 0.914 bits per heavy atom. The quantitative estimate of drug-likeness (QED) is 0.118. The fraction of sp³-hybridized carbons (Fsp3) is 0.414. The number of unbranched alkanes of at least 4 members (excludes halogenated alkanes) is 3. The second kappa shape index (κ2) is 12.3. The normalized spacial score (nSPS) is 11.9. The zero-order valence-corrected chi connectivity index (χ0v) is 25.0. The molecule has 0 aliphatic carbocycles. The van der Waals surface area contributed by atoms with E-state index in [1.54, 1.807) is 15.3 Å². The molecule has 0 aliphatic heterocycles. The Bertz CT molecular complexity index is 1210. The van der Waals surface area contributed by atoms with Gasteiger partial charge in [0.15, 0.2) is 0 Å². The number of hydrogen-bond acceptors (Lipinski definition) is 4. The Morgan fingerprint density at radius 2 is 1.57 bits per heavy atom. The Balaban J connectivity index is 1.90. The summed E-state index contributed by atoms with van der Waals surface area (Å²) < 4.78 is 8.08. The van der Waals surface area contributed by atoms with Crippen LogP contribution in [0.1, 0.15) is 75.3 Å². The molecule has 0 amide bonds. The SMILES string of the molecule is CCC[CH2][Sn]([CH2]CCC)([CH2]CCC)[c]1cn2c(-c3ccccc3)nc(C(=O)c3cccnc3)c2s1. The summed E-state index contributed by atoms with van der Waals surface area (Å²) in [7, 11) is 0. The minimum atomic E-state index is -2.65. The molecule has 0 aliphatic rings. The predicted octanol–water partition coefficient (Wildman–Crippen LogP) is 7.74. The molecular formula is C29H37N3OSSn. The van der Waals surface area contributed by atoms with Crippen molar-refractivity contribution in [1.82, 2.24) is 14.4 Å². The maximum atomic E-state index is 13.6. The van der Waals surface area contributed by atoms with Gasteiger partial charge in [0.2, 0.25) is 0 Å². The molecule has 0 bridgehead atoms. The topological polar surface area (TPSA) is 47.3 Å². The van der Waals surface area contributed by atoms with E-state index >= 15 is 0 Å². The molecule has 0 atom stereocenters. The van der Waals surface area contributed by atoms with Gasteiger partial charge in [-0.15, -0.1) is 0 Å². The van der Waals surface area contributed by atoms with E-state index in [0.717, 1.165) is 16.2 Å². The monoisotopic (exact) mass is 595 g/mol. The first kappa shape index (κ1) is 26.1. The third-order valence-electron chi connectivity index (χ3n) is 7.04. The summed E-state index contributed by atoms with van der Waals surface area (Å²) in [6, 6.07) is 13.9. The van der Waals surface area contributed by atoms with Gasteiger partial charge in [-0.2, -0.15) is 0 Å². The number of imidazole rings is 1. The molecule has 184 valence electrons. The van der Waals surface area contributed by atoms with Crippen molar-refractivity contribution in [3.05, 3.63) is 72.3 Å². The summed E-state index contributed by atoms with van der Waals surface area (Å²) in [6.07, 6.45) is 13.5. The molecule has 1 aromatic carbocycles. The van der Waals surface area contributed by atoms with E-state index in [1.165, 1.54) is 51.8 Å². The third kappa shape index (κ3) is 5.72. The molecule has 0 spiro atoms. The number of aromatic nitrogens is 3. The van der Waals surface area contributed by atoms with Crippen molar-refractivity contribution in [2.45, 2.75) is 72.6 Å². The van der Waals surface area contributed by atoms with Crippen LogP contribution in [0.2, 0.25) is 13.3 Å². The summed E-state index contributed by atoms with van der Waals surface area (Å²) in [5.74, 6) is 0.833. The first-order valence-corrected chi connectivity index (χ1v) is 21.5. The molecule has 0 radical (unpaired) electrons. The van der Waals surface area contributed by atoms with Crippen LogP contribution in [-0.4, -0.2) is 38.5 Å². The van der Waals surface area contributed by atoms with Gasteiger partial charge in [0.25, 0.3) is 0 Å². The van der Waals surface area contributed by atoms with Crippen LogP contribution in [-0.2, 0) is 0 Å². The second-order valence-electron chi connectivity index (χ2n) is 9.58. The van der Waals surface area contributed by atoms with Gasteiger partial charge < -0.3 is 0 Å². The molecule has 35 heavy (non-hydrogen) atoms. The minimum absolute atomic E-state index is 0.0392. The van der Waals surface area contributed by atoms with E-state index in [-0.39, 0.29) is 5.78 Å². The maximum absolute atomic E-state index is 13.6. The second-order valence-corrected chi connectivity index (χ2v) is 24.8. The van der Waals surface area contributed by atoms with Crippen molar-refractivity contribution in [1.29, 1.82) is 0 Å². The Morgan fingerprint density at radius 3 is 2.14 bits per heavy atom. The van der Waals surface area contributed by atoms with Gasteiger partial charge in [-0.05, 0) is 0 Å². The zero-order valence-electron chi connectivity index (χ0n) is 21.3. The summed E-state index contributed by atoms with van der Waals surface area (Å²) >= 11 is -0.774. The number of benzene rings is 1. The van der Waals surface area contributed by atoms with Crippen LogP contribution >= 0.6 is 11.3 Å². The number of carbonyl (C=O) groups is 1. The summed E-state index contributed by atoms with van der Waals surface area (Å²) in [5.41, 5.74) is 2.21. The standard InChI is InChI=1S/C17H10N3OS.3C4H9.Sn/c21-15(13-7-4-8-18-11-13)14-17-20(9-10-22-17)16(19-14)12-5-2-1-3-6-12;3*1-3-4-2;/h1-9,11H;3*1,3-4H2,2H3;. The molecule has 6 heteroatoms. The van der Waals surface area contributed by atoms with E-state index in [1.807, 2.05) is 41.7 Å². The molecule has 4 nitrogen and oxygen atoms in total. The van der Waals surface area contributed by atoms with E-state index in [0.29, 0.717) is 11.3 Å². The van der Waals surface area contributed by atoms with Gasteiger partial charge in [0.05, 0.1) is 0 Å². The number of hydrogen-bond donors (Lipinski definition) is 0. The van der Waals surface area contributed by atoms with Crippen LogP contribution < -0.4 is 2.89 Å². The molecule has 0 saturated carbocycles. The van der Waals surface area contributed by atoms with E-state index in [2.05, 4.69) is 48.5 Å². The first-order chi connectivity index (χ1) is 17.1. The van der Waals surface area contributed by atoms with Crippen LogP contribution in [0.4, 0.5) is 0 Å². The van der Waals surface area contributed by atoms with Crippen molar-refractivity contribution in [2.24, 2.45) is 0 Å². The average Bonchev–Trinajstić information content (AvgIpc) is 3.49. The van der Waals surface area contributed by atoms with Crippen molar-refractivity contribution in [2.75, 3.05) is 0 Å². The van der Waals surface area contributed by atoms with Crippen LogP contribution in [0, 0.1) is 0 Å². The van der Waals surface area contributed by atoms with E-state index < -0.39 is 18.4 Å². The number of thiazole rings is 1. The number of carbonyl (C=O) groups excluding carboxylic acids is 1. The molecular weight excluding hydrogens is 557 g/mol. The van der Waals surface area contributed by atoms with Gasteiger partial charge in [-0.1, -0.05) is 0 Å². The van der Waals surface area contributed by atoms with Crippen molar-refractivity contribution >= 4 is 43.2 Å². The number of ketones is 1. The fourth-order valence-electron chi connectivity index (χ4n) is 4.99. The van der Waals surface area contributed by atoms with E-state index in [9.17, 15) is 4.79 Å². The first-order valence-electron chi connectivity index (χ1n) is 13.2. The predicted molar refractivity (Wildman–Crippen MR) is 151 cm³/mol. The number of nitrogens with zero attached hydrogens (tertiary/aromatic N) is 3. The van der Waals surface area contributed by atoms with Crippen molar-refractivity contribution < 1.29 is 4.79 Å². The van der Waals surface area contributed by atoms with Crippen LogP contribution in [0.3, 0.4) is 0 Å². The Labute approximate surface area is 217 Å². The zero-order chi connectivity index (χ0) is 24.7. The van der Waals surface area contributed by atoms with Gasteiger partial charge in [-0.25, -0.2) is 0 Å². The molecule has 4 rings (SSSR count). The molecule has 0 unspecified atom stereocenters. The van der Waals surface area contributed by atoms with Gasteiger partial charge in [0, 0.05) is 0 Å². The number of rotatable bonds is 13.